The third-order valence-corrected chi connectivity index (χ3v) is 3.70. The molecule has 0 aliphatic carbocycles. The van der Waals surface area contributed by atoms with E-state index in [-0.39, 0.29) is 0 Å². The number of nitrogens with zero attached hydrogens (tertiary/aromatic N) is 3. The Morgan fingerprint density at radius 1 is 1.30 bits per heavy atom. The van der Waals surface area contributed by atoms with Crippen LogP contribution in [0.2, 0.25) is 5.15 Å². The fourth-order valence-electron chi connectivity index (χ4n) is 2.55. The van der Waals surface area contributed by atoms with E-state index in [4.69, 9.17) is 16.3 Å². The third kappa shape index (κ3) is 1.91. The summed E-state index contributed by atoms with van der Waals surface area (Å²) in [5.41, 5.74) is 3.64. The number of aryl methyl sites for hydroxylation is 2. The van der Waals surface area contributed by atoms with Gasteiger partial charge in [-0.1, -0.05) is 18.5 Å². The van der Waals surface area contributed by atoms with Crippen molar-refractivity contribution in [2.24, 2.45) is 0 Å². The van der Waals surface area contributed by atoms with Crippen molar-refractivity contribution in [3.05, 3.63) is 34.9 Å². The Bertz CT molecular complexity index is 795. The number of hydrogen-bond donors (Lipinski definition) is 0. The predicted molar refractivity (Wildman–Crippen MR) is 80.8 cm³/mol. The smallest absolute Gasteiger partial charge is 0.155 e. The van der Waals surface area contributed by atoms with E-state index in [1.807, 2.05) is 25.1 Å². The molecule has 0 amide bonds. The first kappa shape index (κ1) is 13.2. The molecule has 3 aromatic rings. The second kappa shape index (κ2) is 4.94. The molecule has 104 valence electrons. The highest BCUT2D eigenvalue weighted by molar-refractivity contribution is 6.33. The quantitative estimate of drug-likeness (QED) is 0.736. The maximum absolute atomic E-state index is 6.34. The van der Waals surface area contributed by atoms with Gasteiger partial charge in [-0.15, -0.1) is 0 Å². The summed E-state index contributed by atoms with van der Waals surface area (Å²) in [7, 11) is 1.64. The molecule has 0 unspecified atom stereocenters. The van der Waals surface area contributed by atoms with Gasteiger partial charge in [-0.25, -0.2) is 9.97 Å². The summed E-state index contributed by atoms with van der Waals surface area (Å²) in [6.45, 7) is 4.11. The zero-order chi connectivity index (χ0) is 14.3. The Morgan fingerprint density at radius 2 is 2.10 bits per heavy atom. The SMILES string of the molecule is CCCc1nc(C)c2c(Cl)nc3cc(OC)ccc3n12. The number of imidazole rings is 1. The largest absolute Gasteiger partial charge is 0.497 e. The molecule has 0 aliphatic rings. The average Bonchev–Trinajstić information content (AvgIpc) is 2.76. The van der Waals surface area contributed by atoms with E-state index in [2.05, 4.69) is 21.3 Å². The van der Waals surface area contributed by atoms with Crippen LogP contribution in [0.25, 0.3) is 16.6 Å². The molecular formula is C15H16ClN3O. The maximum Gasteiger partial charge on any atom is 0.155 e. The molecule has 2 aromatic heterocycles. The van der Waals surface area contributed by atoms with Gasteiger partial charge < -0.3 is 4.74 Å². The Balaban J connectivity index is 2.44. The van der Waals surface area contributed by atoms with Crippen molar-refractivity contribution in [2.45, 2.75) is 26.7 Å². The van der Waals surface area contributed by atoms with Crippen LogP contribution in [0.5, 0.6) is 5.75 Å². The zero-order valence-corrected chi connectivity index (χ0v) is 12.5. The highest BCUT2D eigenvalue weighted by Crippen LogP contribution is 2.28. The van der Waals surface area contributed by atoms with Gasteiger partial charge in [0, 0.05) is 12.5 Å². The molecule has 0 saturated carbocycles. The van der Waals surface area contributed by atoms with Crippen molar-refractivity contribution in [1.82, 2.24) is 14.4 Å². The van der Waals surface area contributed by atoms with Gasteiger partial charge in [0.25, 0.3) is 0 Å². The third-order valence-electron chi connectivity index (χ3n) is 3.43. The van der Waals surface area contributed by atoms with Crippen molar-refractivity contribution in [1.29, 1.82) is 0 Å². The normalized spacial score (nSPS) is 11.4. The van der Waals surface area contributed by atoms with Crippen molar-refractivity contribution < 1.29 is 4.74 Å². The summed E-state index contributed by atoms with van der Waals surface area (Å²) in [6, 6.07) is 5.83. The van der Waals surface area contributed by atoms with E-state index in [1.54, 1.807) is 7.11 Å². The number of ether oxygens (including phenoxy) is 1. The Morgan fingerprint density at radius 3 is 2.80 bits per heavy atom. The monoisotopic (exact) mass is 289 g/mol. The second-order valence-corrected chi connectivity index (χ2v) is 5.16. The first-order valence-corrected chi connectivity index (χ1v) is 7.04. The fraction of sp³-hybridized carbons (Fsp3) is 0.333. The minimum Gasteiger partial charge on any atom is -0.497 e. The minimum atomic E-state index is 0.484. The first-order valence-electron chi connectivity index (χ1n) is 6.67. The number of methoxy groups -OCH3 is 1. The topological polar surface area (TPSA) is 39.4 Å². The molecule has 0 spiro atoms. The molecule has 0 N–H and O–H groups in total. The molecule has 0 atom stereocenters. The van der Waals surface area contributed by atoms with E-state index in [1.165, 1.54) is 0 Å². The summed E-state index contributed by atoms with van der Waals surface area (Å²) in [5, 5.41) is 0.484. The van der Waals surface area contributed by atoms with Crippen LogP contribution in [0.3, 0.4) is 0 Å². The molecule has 20 heavy (non-hydrogen) atoms. The van der Waals surface area contributed by atoms with Gasteiger partial charge in [0.2, 0.25) is 0 Å². The first-order chi connectivity index (χ1) is 9.65. The van der Waals surface area contributed by atoms with Crippen LogP contribution in [0.15, 0.2) is 18.2 Å². The molecule has 4 nitrogen and oxygen atoms in total. The molecule has 2 heterocycles. The minimum absolute atomic E-state index is 0.484. The molecule has 0 bridgehead atoms. The number of fused-ring (bicyclic) bond motifs is 3. The molecule has 0 fully saturated rings. The highest BCUT2D eigenvalue weighted by atomic mass is 35.5. The number of aromatic nitrogens is 3. The summed E-state index contributed by atoms with van der Waals surface area (Å²) in [5.74, 6) is 1.80. The van der Waals surface area contributed by atoms with Crippen LogP contribution in [-0.4, -0.2) is 21.5 Å². The van der Waals surface area contributed by atoms with Crippen molar-refractivity contribution in [3.8, 4) is 5.75 Å². The lowest BCUT2D eigenvalue weighted by Gasteiger charge is -2.08. The predicted octanol–water partition coefficient (Wildman–Crippen LogP) is 3.81. The van der Waals surface area contributed by atoms with Crippen LogP contribution in [0, 0.1) is 6.92 Å². The molecule has 0 saturated heterocycles. The van der Waals surface area contributed by atoms with Crippen LogP contribution >= 0.6 is 11.6 Å². The van der Waals surface area contributed by atoms with Crippen LogP contribution in [-0.2, 0) is 6.42 Å². The van der Waals surface area contributed by atoms with E-state index in [0.29, 0.717) is 5.15 Å². The summed E-state index contributed by atoms with van der Waals surface area (Å²) < 4.78 is 7.36. The van der Waals surface area contributed by atoms with Gasteiger partial charge in [0.15, 0.2) is 5.15 Å². The Labute approximate surface area is 122 Å². The summed E-state index contributed by atoms with van der Waals surface area (Å²) in [4.78, 5) is 9.11. The van der Waals surface area contributed by atoms with E-state index >= 15 is 0 Å². The van der Waals surface area contributed by atoms with Gasteiger partial charge in [-0.3, -0.25) is 4.40 Å². The maximum atomic E-state index is 6.34. The van der Waals surface area contributed by atoms with Crippen molar-refractivity contribution in [3.63, 3.8) is 0 Å². The average molecular weight is 290 g/mol. The fourth-order valence-corrected chi connectivity index (χ4v) is 2.86. The van der Waals surface area contributed by atoms with Crippen molar-refractivity contribution >= 4 is 28.2 Å². The van der Waals surface area contributed by atoms with Gasteiger partial charge in [0.1, 0.15) is 17.1 Å². The molecule has 0 aliphatic heterocycles. The summed E-state index contributed by atoms with van der Waals surface area (Å²) in [6.07, 6.45) is 1.95. The number of benzene rings is 1. The molecule has 3 rings (SSSR count). The lowest BCUT2D eigenvalue weighted by atomic mass is 10.2. The summed E-state index contributed by atoms with van der Waals surface area (Å²) >= 11 is 6.34. The molecular weight excluding hydrogens is 274 g/mol. The number of rotatable bonds is 3. The highest BCUT2D eigenvalue weighted by Gasteiger charge is 2.15. The Hall–Kier alpha value is -1.81. The number of hydrogen-bond acceptors (Lipinski definition) is 3. The van der Waals surface area contributed by atoms with Crippen LogP contribution < -0.4 is 4.74 Å². The number of halogens is 1. The van der Waals surface area contributed by atoms with Gasteiger partial charge in [-0.2, -0.15) is 0 Å². The van der Waals surface area contributed by atoms with E-state index in [0.717, 1.165) is 46.7 Å². The standard InChI is InChI=1S/C15H16ClN3O/c1-4-5-13-17-9(2)14-15(16)18-11-8-10(20-3)6-7-12(11)19(13)14/h6-8H,4-5H2,1-3H3. The van der Waals surface area contributed by atoms with Crippen LogP contribution in [0.4, 0.5) is 0 Å². The van der Waals surface area contributed by atoms with E-state index < -0.39 is 0 Å². The lowest BCUT2D eigenvalue weighted by Crippen LogP contribution is -1.98. The lowest BCUT2D eigenvalue weighted by molar-refractivity contribution is 0.415. The molecule has 0 radical (unpaired) electrons. The van der Waals surface area contributed by atoms with Crippen molar-refractivity contribution in [2.75, 3.05) is 7.11 Å². The van der Waals surface area contributed by atoms with E-state index in [9.17, 15) is 0 Å². The van der Waals surface area contributed by atoms with Crippen LogP contribution in [0.1, 0.15) is 24.9 Å². The zero-order valence-electron chi connectivity index (χ0n) is 11.8. The molecule has 1 aromatic carbocycles. The van der Waals surface area contributed by atoms with Gasteiger partial charge in [-0.05, 0) is 25.5 Å². The van der Waals surface area contributed by atoms with Gasteiger partial charge in [0.05, 0.1) is 23.8 Å². The van der Waals surface area contributed by atoms with Gasteiger partial charge >= 0.3 is 0 Å². The second-order valence-electron chi connectivity index (χ2n) is 4.80. The Kier molecular flexibility index (Phi) is 3.26. The molecule has 5 heteroatoms.